The van der Waals surface area contributed by atoms with Crippen LogP contribution in [-0.4, -0.2) is 60.5 Å². The first-order chi connectivity index (χ1) is 16.8. The van der Waals surface area contributed by atoms with Crippen LogP contribution in [0.5, 0.6) is 0 Å². The molecule has 0 spiro atoms. The number of para-hydroxylation sites is 1. The second-order valence-electron chi connectivity index (χ2n) is 9.14. The van der Waals surface area contributed by atoms with E-state index in [1.165, 1.54) is 6.07 Å². The van der Waals surface area contributed by atoms with Gasteiger partial charge in [-0.3, -0.25) is 14.5 Å². The number of nitrogens with zero attached hydrogens (tertiary/aromatic N) is 3. The third kappa shape index (κ3) is 6.94. The molecular formula is C25H30F3N5O2. The number of alkyl halides is 3. The van der Waals surface area contributed by atoms with Gasteiger partial charge in [0, 0.05) is 50.0 Å². The SMILES string of the molecule is O=C(CN1CCC(NC(=O)C2CCN(c3ccc(C(F)(F)F)cn3)CC2)CC1)Nc1ccccc1. The molecule has 3 heterocycles. The van der Waals surface area contributed by atoms with Gasteiger partial charge in [0.25, 0.3) is 0 Å². The highest BCUT2D eigenvalue weighted by molar-refractivity contribution is 5.92. The number of piperidine rings is 2. The molecule has 2 saturated heterocycles. The molecule has 1 aromatic carbocycles. The molecule has 0 atom stereocenters. The Kier molecular flexibility index (Phi) is 7.90. The van der Waals surface area contributed by atoms with E-state index in [4.69, 9.17) is 0 Å². The van der Waals surface area contributed by atoms with Crippen molar-refractivity contribution < 1.29 is 22.8 Å². The maximum Gasteiger partial charge on any atom is 0.417 e. The Balaban J connectivity index is 1.16. The van der Waals surface area contributed by atoms with Gasteiger partial charge in [0.05, 0.1) is 12.1 Å². The van der Waals surface area contributed by atoms with Crippen LogP contribution in [0.15, 0.2) is 48.7 Å². The van der Waals surface area contributed by atoms with E-state index in [9.17, 15) is 22.8 Å². The van der Waals surface area contributed by atoms with Crippen molar-refractivity contribution >= 4 is 23.3 Å². The Morgan fingerprint density at radius 1 is 0.943 bits per heavy atom. The number of carbonyl (C=O) groups is 2. The molecule has 0 aliphatic carbocycles. The van der Waals surface area contributed by atoms with Crippen LogP contribution in [0, 0.1) is 5.92 Å². The number of hydrogen-bond acceptors (Lipinski definition) is 5. The molecular weight excluding hydrogens is 459 g/mol. The van der Waals surface area contributed by atoms with E-state index in [1.807, 2.05) is 35.2 Å². The number of nitrogens with one attached hydrogen (secondary N) is 2. The lowest BCUT2D eigenvalue weighted by Gasteiger charge is -2.35. The van der Waals surface area contributed by atoms with Crippen LogP contribution < -0.4 is 15.5 Å². The van der Waals surface area contributed by atoms with Crippen molar-refractivity contribution in [3.8, 4) is 0 Å². The smallest absolute Gasteiger partial charge is 0.357 e. The van der Waals surface area contributed by atoms with E-state index in [-0.39, 0.29) is 23.8 Å². The lowest BCUT2D eigenvalue weighted by molar-refractivity contribution is -0.137. The van der Waals surface area contributed by atoms with Gasteiger partial charge in [0.1, 0.15) is 5.82 Å². The molecule has 0 unspecified atom stereocenters. The summed E-state index contributed by atoms with van der Waals surface area (Å²) in [6.45, 7) is 2.96. The van der Waals surface area contributed by atoms with Gasteiger partial charge in [-0.05, 0) is 49.9 Å². The Hall–Kier alpha value is -3.14. The summed E-state index contributed by atoms with van der Waals surface area (Å²) in [5, 5.41) is 6.05. The quantitative estimate of drug-likeness (QED) is 0.649. The zero-order chi connectivity index (χ0) is 24.8. The number of halogens is 3. The summed E-state index contributed by atoms with van der Waals surface area (Å²) in [6, 6.07) is 11.9. The molecule has 10 heteroatoms. The minimum absolute atomic E-state index is 0.0327. The number of aromatic nitrogens is 1. The monoisotopic (exact) mass is 489 g/mol. The highest BCUT2D eigenvalue weighted by Crippen LogP contribution is 2.30. The van der Waals surface area contributed by atoms with E-state index in [1.54, 1.807) is 0 Å². The average molecular weight is 490 g/mol. The second-order valence-corrected chi connectivity index (χ2v) is 9.14. The molecule has 35 heavy (non-hydrogen) atoms. The molecule has 2 N–H and O–H groups in total. The van der Waals surface area contributed by atoms with Crippen LogP contribution >= 0.6 is 0 Å². The zero-order valence-corrected chi connectivity index (χ0v) is 19.4. The summed E-state index contributed by atoms with van der Waals surface area (Å²) in [4.78, 5) is 33.0. The van der Waals surface area contributed by atoms with Gasteiger partial charge in [-0.15, -0.1) is 0 Å². The topological polar surface area (TPSA) is 77.6 Å². The number of amides is 2. The number of benzene rings is 1. The molecule has 4 rings (SSSR count). The van der Waals surface area contributed by atoms with E-state index in [2.05, 4.69) is 20.5 Å². The highest BCUT2D eigenvalue weighted by Gasteiger charge is 2.32. The molecule has 0 bridgehead atoms. The predicted octanol–water partition coefficient (Wildman–Crippen LogP) is 3.54. The molecule has 2 aliphatic heterocycles. The fourth-order valence-corrected chi connectivity index (χ4v) is 4.59. The molecule has 0 saturated carbocycles. The van der Waals surface area contributed by atoms with Crippen molar-refractivity contribution in [2.24, 2.45) is 5.92 Å². The highest BCUT2D eigenvalue weighted by atomic mass is 19.4. The van der Waals surface area contributed by atoms with Gasteiger partial charge in [0.2, 0.25) is 11.8 Å². The summed E-state index contributed by atoms with van der Waals surface area (Å²) >= 11 is 0. The van der Waals surface area contributed by atoms with E-state index in [0.29, 0.717) is 38.3 Å². The van der Waals surface area contributed by atoms with Crippen LogP contribution in [0.4, 0.5) is 24.7 Å². The summed E-state index contributed by atoms with van der Waals surface area (Å²) in [5.74, 6) is 0.370. The number of likely N-dealkylation sites (tertiary alicyclic amines) is 1. The standard InChI is InChI=1S/C25H30F3N5O2/c26-25(27,28)19-6-7-22(29-16-19)33-14-8-18(9-15-33)24(35)31-21-10-12-32(13-11-21)17-23(34)30-20-4-2-1-3-5-20/h1-7,16,18,21H,8-15,17H2,(H,30,34)(H,31,35). The molecule has 2 fully saturated rings. The molecule has 2 aromatic rings. The van der Waals surface area contributed by atoms with E-state index < -0.39 is 11.7 Å². The first kappa shape index (κ1) is 25.0. The Morgan fingerprint density at radius 2 is 1.63 bits per heavy atom. The third-order valence-electron chi connectivity index (χ3n) is 6.62. The van der Waals surface area contributed by atoms with Crippen LogP contribution in [0.3, 0.4) is 0 Å². The molecule has 1 aromatic heterocycles. The van der Waals surface area contributed by atoms with E-state index in [0.717, 1.165) is 43.9 Å². The Labute approximate surface area is 202 Å². The number of hydrogen-bond donors (Lipinski definition) is 2. The first-order valence-electron chi connectivity index (χ1n) is 11.9. The van der Waals surface area contributed by atoms with Crippen LogP contribution in [-0.2, 0) is 15.8 Å². The molecule has 188 valence electrons. The minimum Gasteiger partial charge on any atom is -0.357 e. The molecule has 2 aliphatic rings. The van der Waals surface area contributed by atoms with Gasteiger partial charge in [-0.1, -0.05) is 18.2 Å². The van der Waals surface area contributed by atoms with Crippen LogP contribution in [0.25, 0.3) is 0 Å². The van der Waals surface area contributed by atoms with Crippen molar-refractivity contribution in [3.63, 3.8) is 0 Å². The zero-order valence-electron chi connectivity index (χ0n) is 19.4. The normalized spacial score (nSPS) is 18.3. The van der Waals surface area contributed by atoms with Crippen LogP contribution in [0.1, 0.15) is 31.2 Å². The van der Waals surface area contributed by atoms with Crippen molar-refractivity contribution in [1.82, 2.24) is 15.2 Å². The van der Waals surface area contributed by atoms with Gasteiger partial charge in [-0.25, -0.2) is 4.98 Å². The second kappa shape index (κ2) is 11.1. The third-order valence-corrected chi connectivity index (χ3v) is 6.62. The number of rotatable bonds is 6. The molecule has 0 radical (unpaired) electrons. The first-order valence-corrected chi connectivity index (χ1v) is 11.9. The van der Waals surface area contributed by atoms with Crippen molar-refractivity contribution in [1.29, 1.82) is 0 Å². The Bertz CT molecular complexity index is 984. The maximum absolute atomic E-state index is 12.8. The largest absolute Gasteiger partial charge is 0.417 e. The van der Waals surface area contributed by atoms with Crippen molar-refractivity contribution in [3.05, 3.63) is 54.2 Å². The van der Waals surface area contributed by atoms with E-state index >= 15 is 0 Å². The number of pyridine rings is 1. The van der Waals surface area contributed by atoms with Gasteiger partial charge in [0.15, 0.2) is 0 Å². The van der Waals surface area contributed by atoms with Gasteiger partial charge >= 0.3 is 6.18 Å². The minimum atomic E-state index is -4.40. The van der Waals surface area contributed by atoms with Gasteiger partial charge in [-0.2, -0.15) is 13.2 Å². The lowest BCUT2D eigenvalue weighted by Crippen LogP contribution is -2.49. The van der Waals surface area contributed by atoms with Gasteiger partial charge < -0.3 is 15.5 Å². The van der Waals surface area contributed by atoms with Crippen molar-refractivity contribution in [2.75, 3.05) is 42.9 Å². The fourth-order valence-electron chi connectivity index (χ4n) is 4.59. The number of carbonyl (C=O) groups excluding carboxylic acids is 2. The number of anilines is 2. The predicted molar refractivity (Wildman–Crippen MR) is 127 cm³/mol. The van der Waals surface area contributed by atoms with Crippen LogP contribution in [0.2, 0.25) is 0 Å². The fraction of sp³-hybridized carbons (Fsp3) is 0.480. The molecule has 7 nitrogen and oxygen atoms in total. The maximum atomic E-state index is 12.8. The Morgan fingerprint density at radius 3 is 2.23 bits per heavy atom. The summed E-state index contributed by atoms with van der Waals surface area (Å²) in [6.07, 6.45) is -0.704. The van der Waals surface area contributed by atoms with Crippen molar-refractivity contribution in [2.45, 2.75) is 37.9 Å². The summed E-state index contributed by atoms with van der Waals surface area (Å²) in [5.41, 5.74) is 0.0122. The summed E-state index contributed by atoms with van der Waals surface area (Å²) in [7, 11) is 0. The lowest BCUT2D eigenvalue weighted by atomic mass is 9.94. The summed E-state index contributed by atoms with van der Waals surface area (Å²) < 4.78 is 38.2. The molecule has 2 amide bonds. The average Bonchev–Trinajstić information content (AvgIpc) is 2.85.